The minimum absolute atomic E-state index is 0.422. The van der Waals surface area contributed by atoms with Crippen LogP contribution in [0.4, 0.5) is 0 Å². The lowest BCUT2D eigenvalue weighted by molar-refractivity contribution is 0.723. The Hall–Kier alpha value is -6.81. The Bertz CT molecular complexity index is 2910. The van der Waals surface area contributed by atoms with Crippen molar-refractivity contribution in [1.82, 2.24) is 9.97 Å². The van der Waals surface area contributed by atoms with Gasteiger partial charge in [-0.3, -0.25) is 0 Å². The Labute approximate surface area is 331 Å². The zero-order chi connectivity index (χ0) is 37.1. The molecule has 0 amide bonds. The van der Waals surface area contributed by atoms with Gasteiger partial charge in [0, 0.05) is 26.5 Å². The highest BCUT2D eigenvalue weighted by atomic mass is 32.2. The standard InChI is InChI=1S/C53H34N2S/c1-3-16-35(17-4-1)37-20-13-22-39(32-37)49-34-48(36-18-5-2-6-19-36)54-52(55-49)40-23-14-21-38(33-40)41-26-15-30-47-51(41)56-50-31-12-11-29-46(50)53(47)44-27-9-7-24-42(44)43-25-8-10-28-45(43)53/h1-34H. The largest absolute Gasteiger partial charge is 0.228 e. The van der Waals surface area contributed by atoms with Crippen LogP contribution >= 0.6 is 11.8 Å². The van der Waals surface area contributed by atoms with Crippen molar-refractivity contribution in [3.63, 3.8) is 0 Å². The van der Waals surface area contributed by atoms with Crippen LogP contribution in [-0.2, 0) is 5.41 Å². The lowest BCUT2D eigenvalue weighted by Crippen LogP contribution is -2.32. The number of hydrogen-bond acceptors (Lipinski definition) is 3. The van der Waals surface area contributed by atoms with Gasteiger partial charge in [0.15, 0.2) is 5.82 Å². The molecule has 0 bridgehead atoms. The summed E-state index contributed by atoms with van der Waals surface area (Å²) in [4.78, 5) is 13.1. The molecule has 56 heavy (non-hydrogen) atoms. The van der Waals surface area contributed by atoms with Crippen LogP contribution in [0.25, 0.3) is 67.3 Å². The minimum atomic E-state index is -0.422. The maximum atomic E-state index is 5.28. The van der Waals surface area contributed by atoms with E-state index in [1.54, 1.807) is 0 Å². The molecule has 3 heteroatoms. The molecule has 0 saturated heterocycles. The highest BCUT2D eigenvalue weighted by Crippen LogP contribution is 2.63. The second-order valence-corrected chi connectivity index (χ2v) is 15.5. The molecular weight excluding hydrogens is 697 g/mol. The first-order chi connectivity index (χ1) is 27.8. The molecule has 1 aliphatic carbocycles. The zero-order valence-corrected chi connectivity index (χ0v) is 31.2. The first-order valence-electron chi connectivity index (χ1n) is 19.1. The van der Waals surface area contributed by atoms with Crippen LogP contribution in [0.5, 0.6) is 0 Å². The quantitative estimate of drug-likeness (QED) is 0.176. The van der Waals surface area contributed by atoms with Crippen LogP contribution in [0.1, 0.15) is 22.3 Å². The normalized spacial score (nSPS) is 13.1. The summed E-state index contributed by atoms with van der Waals surface area (Å²) in [6.07, 6.45) is 0. The van der Waals surface area contributed by atoms with E-state index in [2.05, 4.69) is 200 Å². The fourth-order valence-corrected chi connectivity index (χ4v) is 10.2. The first-order valence-corrected chi connectivity index (χ1v) is 19.9. The van der Waals surface area contributed by atoms with Crippen LogP contribution < -0.4 is 0 Å². The molecule has 8 aromatic carbocycles. The summed E-state index contributed by atoms with van der Waals surface area (Å²) >= 11 is 1.88. The molecule has 0 fully saturated rings. The summed E-state index contributed by atoms with van der Waals surface area (Å²) in [6.45, 7) is 0. The van der Waals surface area contributed by atoms with Crippen molar-refractivity contribution < 1.29 is 0 Å². The molecule has 0 unspecified atom stereocenters. The van der Waals surface area contributed by atoms with E-state index >= 15 is 0 Å². The van der Waals surface area contributed by atoms with Crippen molar-refractivity contribution in [2.24, 2.45) is 0 Å². The van der Waals surface area contributed by atoms with Crippen LogP contribution in [0, 0.1) is 0 Å². The lowest BCUT2D eigenvalue weighted by atomic mass is 9.67. The first kappa shape index (κ1) is 32.6. The molecule has 0 N–H and O–H groups in total. The molecule has 262 valence electrons. The van der Waals surface area contributed by atoms with Gasteiger partial charge in [-0.25, -0.2) is 9.97 Å². The Morgan fingerprint density at radius 3 is 1.54 bits per heavy atom. The molecule has 0 saturated carbocycles. The van der Waals surface area contributed by atoms with Gasteiger partial charge in [-0.1, -0.05) is 194 Å². The van der Waals surface area contributed by atoms with E-state index in [0.29, 0.717) is 5.82 Å². The van der Waals surface area contributed by atoms with E-state index in [1.807, 2.05) is 17.8 Å². The van der Waals surface area contributed by atoms with Gasteiger partial charge in [-0.05, 0) is 79.9 Å². The molecule has 2 aliphatic rings. The summed E-state index contributed by atoms with van der Waals surface area (Å²) in [5.74, 6) is 0.700. The maximum absolute atomic E-state index is 5.28. The fourth-order valence-electron chi connectivity index (χ4n) is 8.90. The Morgan fingerprint density at radius 2 is 0.804 bits per heavy atom. The second kappa shape index (κ2) is 13.2. The molecule has 0 radical (unpaired) electrons. The molecule has 2 nitrogen and oxygen atoms in total. The van der Waals surface area contributed by atoms with Gasteiger partial charge in [-0.2, -0.15) is 0 Å². The topological polar surface area (TPSA) is 25.8 Å². The average Bonchev–Trinajstić information content (AvgIpc) is 3.57. The van der Waals surface area contributed by atoms with Crippen molar-refractivity contribution in [3.8, 4) is 67.3 Å². The van der Waals surface area contributed by atoms with E-state index in [-0.39, 0.29) is 0 Å². The number of rotatable bonds is 5. The summed E-state index contributed by atoms with van der Waals surface area (Å²) in [6, 6.07) is 74.3. The fraction of sp³-hybridized carbons (Fsp3) is 0.0189. The van der Waals surface area contributed by atoms with E-state index in [1.165, 1.54) is 54.3 Å². The molecule has 1 aliphatic heterocycles. The molecule has 0 atom stereocenters. The summed E-state index contributed by atoms with van der Waals surface area (Å²) in [5, 5.41) is 0. The Balaban J connectivity index is 1.08. The van der Waals surface area contributed by atoms with Gasteiger partial charge >= 0.3 is 0 Å². The van der Waals surface area contributed by atoms with Gasteiger partial charge in [0.25, 0.3) is 0 Å². The molecule has 1 aromatic heterocycles. The second-order valence-electron chi connectivity index (χ2n) is 14.5. The van der Waals surface area contributed by atoms with Crippen molar-refractivity contribution >= 4 is 11.8 Å². The number of hydrogen-bond donors (Lipinski definition) is 0. The molecular formula is C53H34N2S. The van der Waals surface area contributed by atoms with Gasteiger partial charge < -0.3 is 0 Å². The third-order valence-corrected chi connectivity index (χ3v) is 12.6. The van der Waals surface area contributed by atoms with Crippen LogP contribution in [0.2, 0.25) is 0 Å². The third kappa shape index (κ3) is 5.12. The van der Waals surface area contributed by atoms with Crippen LogP contribution in [0.15, 0.2) is 216 Å². The van der Waals surface area contributed by atoms with Crippen molar-refractivity contribution in [1.29, 1.82) is 0 Å². The summed E-state index contributed by atoms with van der Waals surface area (Å²) in [5.41, 5.74) is 17.1. The number of fused-ring (bicyclic) bond motifs is 9. The average molecular weight is 731 g/mol. The smallest absolute Gasteiger partial charge is 0.160 e. The van der Waals surface area contributed by atoms with Gasteiger partial charge in [0.05, 0.1) is 16.8 Å². The van der Waals surface area contributed by atoms with E-state index in [4.69, 9.17) is 9.97 Å². The highest BCUT2D eigenvalue weighted by molar-refractivity contribution is 7.99. The molecule has 9 aromatic rings. The van der Waals surface area contributed by atoms with Crippen molar-refractivity contribution in [3.05, 3.63) is 229 Å². The van der Waals surface area contributed by atoms with E-state index in [0.717, 1.165) is 39.2 Å². The summed E-state index contributed by atoms with van der Waals surface area (Å²) in [7, 11) is 0. The van der Waals surface area contributed by atoms with Crippen LogP contribution in [-0.4, -0.2) is 9.97 Å². The summed E-state index contributed by atoms with van der Waals surface area (Å²) < 4.78 is 0. The lowest BCUT2D eigenvalue weighted by Gasteiger charge is -2.40. The third-order valence-electron chi connectivity index (χ3n) is 11.4. The molecule has 2 heterocycles. The minimum Gasteiger partial charge on any atom is -0.228 e. The monoisotopic (exact) mass is 730 g/mol. The molecule has 1 spiro atoms. The van der Waals surface area contributed by atoms with Gasteiger partial charge in [0.2, 0.25) is 0 Å². The van der Waals surface area contributed by atoms with Crippen LogP contribution in [0.3, 0.4) is 0 Å². The Morgan fingerprint density at radius 1 is 0.321 bits per heavy atom. The van der Waals surface area contributed by atoms with E-state index in [9.17, 15) is 0 Å². The van der Waals surface area contributed by atoms with Crippen molar-refractivity contribution in [2.45, 2.75) is 15.2 Å². The Kier molecular flexibility index (Phi) is 7.68. The molecule has 11 rings (SSSR count). The number of nitrogens with zero attached hydrogens (tertiary/aromatic N) is 2. The highest BCUT2D eigenvalue weighted by Gasteiger charge is 2.50. The predicted molar refractivity (Wildman–Crippen MR) is 231 cm³/mol. The van der Waals surface area contributed by atoms with Gasteiger partial charge in [0.1, 0.15) is 0 Å². The van der Waals surface area contributed by atoms with Gasteiger partial charge in [-0.15, -0.1) is 0 Å². The SMILES string of the molecule is c1ccc(-c2cccc(-c3cc(-c4ccccc4)nc(-c4cccc(-c5cccc6c5Sc5ccccc5C65c6ccccc6-c6ccccc65)c4)n3)c2)cc1. The predicted octanol–water partition coefficient (Wildman–Crippen LogP) is 13.6. The zero-order valence-electron chi connectivity index (χ0n) is 30.4. The van der Waals surface area contributed by atoms with E-state index < -0.39 is 5.41 Å². The maximum Gasteiger partial charge on any atom is 0.160 e. The number of benzene rings is 8. The number of aromatic nitrogens is 2. The van der Waals surface area contributed by atoms with Crippen molar-refractivity contribution in [2.75, 3.05) is 0 Å².